The number of ether oxygens (including phenoxy) is 1. The topological polar surface area (TPSA) is 41.5 Å². The van der Waals surface area contributed by atoms with Crippen LogP contribution in [0.1, 0.15) is 12.0 Å². The minimum Gasteiger partial charge on any atom is -0.508 e. The highest BCUT2D eigenvalue weighted by Crippen LogP contribution is 2.18. The molecule has 4 heteroatoms. The Balaban J connectivity index is 1.82. The first-order chi connectivity index (χ1) is 7.75. The number of hydrogen-bond acceptors (Lipinski definition) is 3. The van der Waals surface area contributed by atoms with Crippen LogP contribution in [0.25, 0.3) is 0 Å². The molecule has 0 aromatic heterocycles. The van der Waals surface area contributed by atoms with Gasteiger partial charge in [0.1, 0.15) is 11.6 Å². The summed E-state index contributed by atoms with van der Waals surface area (Å²) in [5, 5.41) is 12.7. The molecule has 1 saturated heterocycles. The molecular formula is C12H16FNO2. The van der Waals surface area contributed by atoms with E-state index < -0.39 is 0 Å². The van der Waals surface area contributed by atoms with E-state index in [0.717, 1.165) is 26.2 Å². The molecule has 0 saturated carbocycles. The number of hydrogen-bond donors (Lipinski definition) is 2. The molecule has 1 aromatic carbocycles. The van der Waals surface area contributed by atoms with Gasteiger partial charge in [0.05, 0.1) is 6.61 Å². The normalized spacial score (nSPS) is 20.2. The molecule has 88 valence electrons. The monoisotopic (exact) mass is 225 g/mol. The SMILES string of the molecule is Oc1ccc(F)cc1CNCC1CCOC1. The van der Waals surface area contributed by atoms with Gasteiger partial charge >= 0.3 is 0 Å². The standard InChI is InChI=1S/C12H16FNO2/c13-11-1-2-12(15)10(5-11)7-14-6-9-3-4-16-8-9/h1-2,5,9,14-15H,3-4,6-8H2. The Morgan fingerprint density at radius 3 is 3.12 bits per heavy atom. The fourth-order valence-electron chi connectivity index (χ4n) is 1.85. The first kappa shape index (κ1) is 11.4. The third-order valence-electron chi connectivity index (χ3n) is 2.81. The molecular weight excluding hydrogens is 209 g/mol. The minimum atomic E-state index is -0.321. The van der Waals surface area contributed by atoms with E-state index in [2.05, 4.69) is 5.32 Å². The summed E-state index contributed by atoms with van der Waals surface area (Å²) in [6, 6.07) is 3.99. The second kappa shape index (κ2) is 5.27. The molecule has 0 radical (unpaired) electrons. The van der Waals surface area contributed by atoms with Crippen LogP contribution in [0.2, 0.25) is 0 Å². The van der Waals surface area contributed by atoms with Gasteiger partial charge in [0.15, 0.2) is 0 Å². The lowest BCUT2D eigenvalue weighted by atomic mass is 10.1. The zero-order valence-corrected chi connectivity index (χ0v) is 9.08. The molecule has 16 heavy (non-hydrogen) atoms. The molecule has 1 fully saturated rings. The van der Waals surface area contributed by atoms with Crippen molar-refractivity contribution in [2.75, 3.05) is 19.8 Å². The fraction of sp³-hybridized carbons (Fsp3) is 0.500. The van der Waals surface area contributed by atoms with Crippen molar-refractivity contribution in [2.45, 2.75) is 13.0 Å². The zero-order chi connectivity index (χ0) is 11.4. The fourth-order valence-corrected chi connectivity index (χ4v) is 1.85. The van der Waals surface area contributed by atoms with E-state index in [-0.39, 0.29) is 11.6 Å². The maximum atomic E-state index is 12.9. The number of aromatic hydroxyl groups is 1. The molecule has 0 amide bonds. The lowest BCUT2D eigenvalue weighted by Crippen LogP contribution is -2.22. The third kappa shape index (κ3) is 2.93. The molecule has 1 aliphatic heterocycles. The van der Waals surface area contributed by atoms with Crippen molar-refractivity contribution in [2.24, 2.45) is 5.92 Å². The molecule has 1 unspecified atom stereocenters. The van der Waals surface area contributed by atoms with Crippen LogP contribution in [-0.2, 0) is 11.3 Å². The lowest BCUT2D eigenvalue weighted by molar-refractivity contribution is 0.185. The average molecular weight is 225 g/mol. The van der Waals surface area contributed by atoms with Gasteiger partial charge < -0.3 is 15.2 Å². The van der Waals surface area contributed by atoms with Crippen LogP contribution in [0.4, 0.5) is 4.39 Å². The summed E-state index contributed by atoms with van der Waals surface area (Å²) in [4.78, 5) is 0. The highest BCUT2D eigenvalue weighted by molar-refractivity contribution is 5.32. The van der Waals surface area contributed by atoms with E-state index in [1.165, 1.54) is 18.2 Å². The Kier molecular flexibility index (Phi) is 3.74. The summed E-state index contributed by atoms with van der Waals surface area (Å²) >= 11 is 0. The van der Waals surface area contributed by atoms with Crippen molar-refractivity contribution < 1.29 is 14.2 Å². The van der Waals surface area contributed by atoms with Crippen molar-refractivity contribution in [3.63, 3.8) is 0 Å². The summed E-state index contributed by atoms with van der Waals surface area (Å²) < 4.78 is 18.2. The van der Waals surface area contributed by atoms with E-state index in [4.69, 9.17) is 4.74 Å². The molecule has 2 rings (SSSR count). The average Bonchev–Trinajstić information content (AvgIpc) is 2.76. The number of phenolic OH excluding ortho intramolecular Hbond substituents is 1. The number of nitrogens with one attached hydrogen (secondary N) is 1. The maximum absolute atomic E-state index is 12.9. The molecule has 0 spiro atoms. The second-order valence-electron chi connectivity index (χ2n) is 4.13. The highest BCUT2D eigenvalue weighted by atomic mass is 19.1. The van der Waals surface area contributed by atoms with Crippen molar-refractivity contribution in [1.29, 1.82) is 0 Å². The summed E-state index contributed by atoms with van der Waals surface area (Å²) in [6.07, 6.45) is 1.07. The number of halogens is 1. The van der Waals surface area contributed by atoms with Crippen molar-refractivity contribution >= 4 is 0 Å². The highest BCUT2D eigenvalue weighted by Gasteiger charge is 2.14. The summed E-state index contributed by atoms with van der Waals surface area (Å²) in [5.74, 6) is 0.353. The predicted octanol–water partition coefficient (Wildman–Crippen LogP) is 1.66. The summed E-state index contributed by atoms with van der Waals surface area (Å²) in [7, 11) is 0. The quantitative estimate of drug-likeness (QED) is 0.818. The van der Waals surface area contributed by atoms with Gasteiger partial charge in [-0.15, -0.1) is 0 Å². The first-order valence-electron chi connectivity index (χ1n) is 5.51. The largest absolute Gasteiger partial charge is 0.508 e. The van der Waals surface area contributed by atoms with E-state index in [1.807, 2.05) is 0 Å². The van der Waals surface area contributed by atoms with E-state index in [0.29, 0.717) is 18.0 Å². The molecule has 0 aliphatic carbocycles. The van der Waals surface area contributed by atoms with E-state index in [1.54, 1.807) is 0 Å². The Morgan fingerprint density at radius 2 is 2.38 bits per heavy atom. The van der Waals surface area contributed by atoms with Gasteiger partial charge in [-0.3, -0.25) is 0 Å². The van der Waals surface area contributed by atoms with Gasteiger partial charge in [0.25, 0.3) is 0 Å². The number of phenols is 1. The number of rotatable bonds is 4. The Hall–Kier alpha value is -1.13. The van der Waals surface area contributed by atoms with Gasteiger partial charge in [0.2, 0.25) is 0 Å². The smallest absolute Gasteiger partial charge is 0.123 e. The van der Waals surface area contributed by atoms with Crippen molar-refractivity contribution in [3.8, 4) is 5.75 Å². The molecule has 1 aromatic rings. The molecule has 2 N–H and O–H groups in total. The van der Waals surface area contributed by atoms with Crippen molar-refractivity contribution in [3.05, 3.63) is 29.6 Å². The van der Waals surface area contributed by atoms with Crippen molar-refractivity contribution in [1.82, 2.24) is 5.32 Å². The van der Waals surface area contributed by atoms with E-state index >= 15 is 0 Å². The van der Waals surface area contributed by atoms with Crippen LogP contribution in [0.5, 0.6) is 5.75 Å². The Labute approximate surface area is 94.2 Å². The zero-order valence-electron chi connectivity index (χ0n) is 9.08. The van der Waals surface area contributed by atoms with Gasteiger partial charge in [0, 0.05) is 25.3 Å². The molecule has 1 heterocycles. The molecule has 3 nitrogen and oxygen atoms in total. The molecule has 1 aliphatic rings. The summed E-state index contributed by atoms with van der Waals surface area (Å²) in [5.41, 5.74) is 0.596. The van der Waals surface area contributed by atoms with Gasteiger partial charge in [-0.05, 0) is 30.5 Å². The van der Waals surface area contributed by atoms with Crippen LogP contribution < -0.4 is 5.32 Å². The molecule has 1 atom stereocenters. The Bertz CT molecular complexity index is 351. The molecule has 0 bridgehead atoms. The third-order valence-corrected chi connectivity index (χ3v) is 2.81. The first-order valence-corrected chi connectivity index (χ1v) is 5.51. The van der Waals surface area contributed by atoms with Gasteiger partial charge in [-0.25, -0.2) is 4.39 Å². The van der Waals surface area contributed by atoms with Gasteiger partial charge in [-0.2, -0.15) is 0 Å². The predicted molar refractivity (Wildman–Crippen MR) is 58.7 cm³/mol. The van der Waals surface area contributed by atoms with Crippen LogP contribution in [0.3, 0.4) is 0 Å². The second-order valence-corrected chi connectivity index (χ2v) is 4.13. The Morgan fingerprint density at radius 1 is 1.50 bits per heavy atom. The maximum Gasteiger partial charge on any atom is 0.123 e. The van der Waals surface area contributed by atoms with Crippen LogP contribution in [-0.4, -0.2) is 24.9 Å². The lowest BCUT2D eigenvalue weighted by Gasteiger charge is -2.10. The van der Waals surface area contributed by atoms with Crippen LogP contribution >= 0.6 is 0 Å². The van der Waals surface area contributed by atoms with Crippen LogP contribution in [0.15, 0.2) is 18.2 Å². The van der Waals surface area contributed by atoms with Crippen LogP contribution in [0, 0.1) is 11.7 Å². The van der Waals surface area contributed by atoms with E-state index in [9.17, 15) is 9.50 Å². The summed E-state index contributed by atoms with van der Waals surface area (Å²) in [6.45, 7) is 2.95. The minimum absolute atomic E-state index is 0.136. The number of benzene rings is 1. The van der Waals surface area contributed by atoms with Gasteiger partial charge in [-0.1, -0.05) is 0 Å².